The second-order valence-electron chi connectivity index (χ2n) is 13.2. The van der Waals surface area contributed by atoms with E-state index in [1.54, 1.807) is 25.2 Å². The summed E-state index contributed by atoms with van der Waals surface area (Å²) >= 11 is 0. The van der Waals surface area contributed by atoms with Crippen LogP contribution in [0.3, 0.4) is 0 Å². The Kier molecular flexibility index (Phi) is 8.90. The number of benzene rings is 3. The number of likely N-dealkylation sites (N-methyl/N-ethyl adjacent to an activating group) is 1. The second-order valence-corrected chi connectivity index (χ2v) is 13.2. The van der Waals surface area contributed by atoms with Crippen LogP contribution in [0.2, 0.25) is 0 Å². The fraction of sp³-hybridized carbons (Fsp3) is 0.429. The summed E-state index contributed by atoms with van der Waals surface area (Å²) in [5.41, 5.74) is 4.54. The van der Waals surface area contributed by atoms with Crippen molar-refractivity contribution in [2.24, 2.45) is 0 Å². The van der Waals surface area contributed by atoms with Crippen molar-refractivity contribution in [3.8, 4) is 17.2 Å². The van der Waals surface area contributed by atoms with E-state index in [1.807, 2.05) is 43.3 Å². The molecule has 1 unspecified atom stereocenters. The van der Waals surface area contributed by atoms with E-state index in [1.165, 1.54) is 4.90 Å². The monoisotopic (exact) mass is 572 g/mol. The summed E-state index contributed by atoms with van der Waals surface area (Å²) in [4.78, 5) is 28.9. The number of hydrogen-bond acceptors (Lipinski definition) is 5. The van der Waals surface area contributed by atoms with Crippen molar-refractivity contribution in [2.75, 3.05) is 25.6 Å². The highest BCUT2D eigenvalue weighted by Crippen LogP contribution is 2.40. The molecule has 0 bridgehead atoms. The van der Waals surface area contributed by atoms with Crippen molar-refractivity contribution < 1.29 is 24.2 Å². The number of amides is 2. The summed E-state index contributed by atoms with van der Waals surface area (Å²) in [7, 11) is 1.67. The van der Waals surface area contributed by atoms with Crippen molar-refractivity contribution in [3.63, 3.8) is 0 Å². The highest BCUT2D eigenvalue weighted by atomic mass is 16.6. The first-order chi connectivity index (χ1) is 19.6. The molecule has 0 aliphatic carbocycles. The van der Waals surface area contributed by atoms with Gasteiger partial charge in [-0.05, 0) is 58.6 Å². The van der Waals surface area contributed by atoms with E-state index < -0.39 is 6.04 Å². The van der Waals surface area contributed by atoms with Gasteiger partial charge in [0.2, 0.25) is 5.91 Å². The maximum absolute atomic E-state index is 13.7. The van der Waals surface area contributed by atoms with Crippen LogP contribution in [0.1, 0.15) is 81.8 Å². The van der Waals surface area contributed by atoms with Gasteiger partial charge in [0.25, 0.3) is 5.91 Å². The number of phenolic OH excluding ortho intramolecular Hbond substituents is 1. The van der Waals surface area contributed by atoms with E-state index >= 15 is 0 Å². The molecular weight excluding hydrogens is 528 g/mol. The molecule has 0 radical (unpaired) electrons. The number of phenols is 1. The van der Waals surface area contributed by atoms with Crippen LogP contribution in [0.5, 0.6) is 17.2 Å². The van der Waals surface area contributed by atoms with E-state index in [4.69, 9.17) is 9.47 Å². The van der Waals surface area contributed by atoms with Crippen LogP contribution in [-0.4, -0.2) is 42.1 Å². The Labute approximate surface area is 249 Å². The normalized spacial score (nSPS) is 13.8. The van der Waals surface area contributed by atoms with E-state index in [0.29, 0.717) is 42.6 Å². The van der Waals surface area contributed by atoms with Crippen LogP contribution >= 0.6 is 0 Å². The van der Waals surface area contributed by atoms with E-state index in [2.05, 4.69) is 46.9 Å². The Morgan fingerprint density at radius 2 is 1.45 bits per heavy atom. The van der Waals surface area contributed by atoms with E-state index in [0.717, 1.165) is 27.8 Å². The molecule has 2 N–H and O–H groups in total. The molecule has 0 fully saturated rings. The lowest BCUT2D eigenvalue weighted by molar-refractivity contribution is -0.137. The number of carbonyl (C=O) groups excluding carboxylic acids is 2. The lowest BCUT2D eigenvalue weighted by Crippen LogP contribution is -2.38. The number of aromatic hydroxyl groups is 1. The van der Waals surface area contributed by atoms with Crippen molar-refractivity contribution in [2.45, 2.75) is 78.2 Å². The van der Waals surface area contributed by atoms with Crippen LogP contribution in [0.4, 0.5) is 5.69 Å². The van der Waals surface area contributed by atoms with E-state index in [-0.39, 0.29) is 29.1 Å². The summed E-state index contributed by atoms with van der Waals surface area (Å²) in [6.45, 7) is 15.4. The Morgan fingerprint density at radius 3 is 2.02 bits per heavy atom. The summed E-state index contributed by atoms with van der Waals surface area (Å²) in [6, 6.07) is 16.1. The standard InChI is InChI=1S/C35H44N2O5/c1-22-9-12-24(13-10-22)31(33(40)36-25-14-15-28-29(21-25)42-18-17-41-28)37(8)30(38)16-11-23-19-26(34(2,3)4)32(39)27(20-23)35(5,6)7/h9-10,12-15,19-21,31,39H,11,16-18H2,1-8H3,(H,36,40). The van der Waals surface area contributed by atoms with Gasteiger partial charge in [-0.15, -0.1) is 0 Å². The molecule has 0 saturated carbocycles. The van der Waals surface area contributed by atoms with Gasteiger partial charge >= 0.3 is 0 Å². The highest BCUT2D eigenvalue weighted by molar-refractivity contribution is 5.98. The van der Waals surface area contributed by atoms with Gasteiger partial charge in [-0.3, -0.25) is 9.59 Å². The predicted octanol–water partition coefficient (Wildman–Crippen LogP) is 6.84. The molecule has 1 aliphatic heterocycles. The zero-order chi connectivity index (χ0) is 30.8. The number of hydrogen-bond donors (Lipinski definition) is 2. The molecule has 0 spiro atoms. The first-order valence-electron chi connectivity index (χ1n) is 14.5. The van der Waals surface area contributed by atoms with Gasteiger partial charge in [-0.25, -0.2) is 0 Å². The molecule has 0 saturated heterocycles. The minimum absolute atomic E-state index is 0.152. The number of nitrogens with one attached hydrogen (secondary N) is 1. The summed E-state index contributed by atoms with van der Waals surface area (Å²) < 4.78 is 11.3. The van der Waals surface area contributed by atoms with Crippen LogP contribution in [0.25, 0.3) is 0 Å². The fourth-order valence-corrected chi connectivity index (χ4v) is 5.18. The molecule has 1 aliphatic rings. The number of carbonyl (C=O) groups is 2. The van der Waals surface area contributed by atoms with Crippen LogP contribution in [0, 0.1) is 6.92 Å². The molecule has 0 aromatic heterocycles. The Balaban J connectivity index is 1.57. The van der Waals surface area contributed by atoms with Crippen molar-refractivity contribution in [1.82, 2.24) is 4.90 Å². The molecule has 3 aromatic carbocycles. The van der Waals surface area contributed by atoms with Crippen molar-refractivity contribution >= 4 is 17.5 Å². The molecule has 3 aromatic rings. The minimum atomic E-state index is -0.832. The SMILES string of the molecule is Cc1ccc(C(C(=O)Nc2ccc3c(c2)OCCO3)N(C)C(=O)CCc2cc(C(C)(C)C)c(O)c(C(C)(C)C)c2)cc1. The smallest absolute Gasteiger partial charge is 0.251 e. The van der Waals surface area contributed by atoms with Crippen LogP contribution in [0.15, 0.2) is 54.6 Å². The van der Waals surface area contributed by atoms with Gasteiger partial charge in [0.1, 0.15) is 25.0 Å². The Bertz CT molecular complexity index is 1410. The van der Waals surface area contributed by atoms with Crippen molar-refractivity contribution in [1.29, 1.82) is 0 Å². The maximum atomic E-state index is 13.7. The second kappa shape index (κ2) is 12.1. The lowest BCUT2D eigenvalue weighted by atomic mass is 9.78. The average Bonchev–Trinajstić information content (AvgIpc) is 2.92. The van der Waals surface area contributed by atoms with Crippen LogP contribution < -0.4 is 14.8 Å². The molecule has 2 amide bonds. The summed E-state index contributed by atoms with van der Waals surface area (Å²) in [5.74, 6) is 1.06. The third kappa shape index (κ3) is 7.07. The molecule has 7 heteroatoms. The quantitative estimate of drug-likeness (QED) is 0.324. The zero-order valence-electron chi connectivity index (χ0n) is 26.1. The lowest BCUT2D eigenvalue weighted by Gasteiger charge is -2.29. The number of anilines is 1. The molecule has 224 valence electrons. The van der Waals surface area contributed by atoms with Gasteiger partial charge in [-0.1, -0.05) is 83.5 Å². The predicted molar refractivity (Wildman–Crippen MR) is 167 cm³/mol. The topological polar surface area (TPSA) is 88.1 Å². The number of fused-ring (bicyclic) bond motifs is 1. The number of ether oxygens (including phenoxy) is 2. The molecule has 7 nitrogen and oxygen atoms in total. The van der Waals surface area contributed by atoms with Gasteiger partial charge in [0, 0.05) is 25.2 Å². The summed E-state index contributed by atoms with van der Waals surface area (Å²) in [6.07, 6.45) is 0.702. The molecule has 42 heavy (non-hydrogen) atoms. The zero-order valence-corrected chi connectivity index (χ0v) is 26.1. The molecular formula is C35H44N2O5. The fourth-order valence-electron chi connectivity index (χ4n) is 5.18. The first-order valence-corrected chi connectivity index (χ1v) is 14.5. The minimum Gasteiger partial charge on any atom is -0.507 e. The van der Waals surface area contributed by atoms with Crippen molar-refractivity contribution in [3.05, 3.63) is 82.4 Å². The van der Waals surface area contributed by atoms with Gasteiger partial charge in [0.15, 0.2) is 11.5 Å². The number of aryl methyl sites for hydroxylation is 2. The molecule has 4 rings (SSSR count). The first kappa shape index (κ1) is 30.9. The third-order valence-corrected chi connectivity index (χ3v) is 7.65. The van der Waals surface area contributed by atoms with Crippen LogP contribution in [-0.2, 0) is 26.8 Å². The highest BCUT2D eigenvalue weighted by Gasteiger charge is 2.30. The van der Waals surface area contributed by atoms with E-state index in [9.17, 15) is 14.7 Å². The molecule has 1 heterocycles. The van der Waals surface area contributed by atoms with Gasteiger partial charge < -0.3 is 24.8 Å². The maximum Gasteiger partial charge on any atom is 0.251 e. The number of nitrogens with zero attached hydrogens (tertiary/aromatic N) is 1. The summed E-state index contributed by atoms with van der Waals surface area (Å²) in [5, 5.41) is 14.1. The number of rotatable bonds is 7. The third-order valence-electron chi connectivity index (χ3n) is 7.65. The molecule has 1 atom stereocenters. The Hall–Kier alpha value is -4.00. The van der Waals surface area contributed by atoms with Gasteiger partial charge in [0.05, 0.1) is 0 Å². The average molecular weight is 573 g/mol. The largest absolute Gasteiger partial charge is 0.507 e. The van der Waals surface area contributed by atoms with Gasteiger partial charge in [-0.2, -0.15) is 0 Å². The Morgan fingerprint density at radius 1 is 0.881 bits per heavy atom.